The molecule has 0 aromatic rings. The largest absolute Gasteiger partial charge is 0.354 e. The van der Waals surface area contributed by atoms with Gasteiger partial charge in [-0.3, -0.25) is 4.79 Å². The summed E-state index contributed by atoms with van der Waals surface area (Å²) in [7, 11) is 0. The summed E-state index contributed by atoms with van der Waals surface area (Å²) in [6.45, 7) is 12.9. The number of carbonyl (C=O) groups excluding carboxylic acids is 1. The van der Waals surface area contributed by atoms with Crippen molar-refractivity contribution in [2.75, 3.05) is 26.2 Å². The minimum Gasteiger partial charge on any atom is -0.354 e. The van der Waals surface area contributed by atoms with Crippen LogP contribution >= 0.6 is 0 Å². The molecular weight excluding hydrogens is 250 g/mol. The maximum atomic E-state index is 11.8. The van der Waals surface area contributed by atoms with Gasteiger partial charge in [-0.1, -0.05) is 27.7 Å². The Hall–Kier alpha value is -0.610. The molecule has 0 aromatic heterocycles. The van der Waals surface area contributed by atoms with Crippen LogP contribution < -0.4 is 11.1 Å². The quantitative estimate of drug-likeness (QED) is 0.749. The molecule has 0 radical (unpaired) electrons. The van der Waals surface area contributed by atoms with Crippen molar-refractivity contribution in [3.63, 3.8) is 0 Å². The molecule has 0 saturated carbocycles. The van der Waals surface area contributed by atoms with Crippen LogP contribution in [-0.2, 0) is 4.79 Å². The van der Waals surface area contributed by atoms with Gasteiger partial charge in [-0.05, 0) is 56.7 Å². The number of amides is 1. The second kappa shape index (κ2) is 8.63. The first-order valence-corrected chi connectivity index (χ1v) is 8.15. The van der Waals surface area contributed by atoms with Crippen molar-refractivity contribution >= 4 is 5.91 Å². The van der Waals surface area contributed by atoms with E-state index in [1.54, 1.807) is 0 Å². The zero-order valence-corrected chi connectivity index (χ0v) is 13.7. The van der Waals surface area contributed by atoms with Crippen molar-refractivity contribution < 1.29 is 4.79 Å². The average molecular weight is 283 g/mol. The first-order valence-electron chi connectivity index (χ1n) is 8.15. The predicted octanol–water partition coefficient (Wildman–Crippen LogP) is 1.84. The Balaban J connectivity index is 2.18. The van der Waals surface area contributed by atoms with Crippen LogP contribution in [0.15, 0.2) is 0 Å². The molecule has 1 amide bonds. The maximum absolute atomic E-state index is 11.8. The highest BCUT2D eigenvalue weighted by molar-refractivity contribution is 5.81. The molecule has 0 spiro atoms. The first-order chi connectivity index (χ1) is 9.40. The third-order valence-corrected chi connectivity index (χ3v) is 4.32. The predicted molar refractivity (Wildman–Crippen MR) is 84.4 cm³/mol. The fraction of sp³-hybridized carbons (Fsp3) is 0.938. The molecule has 0 aromatic carbocycles. The summed E-state index contributed by atoms with van der Waals surface area (Å²) < 4.78 is 0. The smallest absolute Gasteiger partial charge is 0.237 e. The lowest BCUT2D eigenvalue weighted by molar-refractivity contribution is -0.123. The minimum absolute atomic E-state index is 0.00207. The molecule has 1 rings (SSSR count). The second-order valence-electron chi connectivity index (χ2n) is 6.98. The number of nitrogens with zero attached hydrogens (tertiary/aromatic N) is 1. The van der Waals surface area contributed by atoms with Crippen LogP contribution in [0, 0.1) is 17.8 Å². The number of nitrogens with one attached hydrogen (secondary N) is 1. The molecule has 3 N–H and O–H groups in total. The van der Waals surface area contributed by atoms with E-state index < -0.39 is 0 Å². The molecule has 0 bridgehead atoms. The Morgan fingerprint density at radius 1 is 1.25 bits per heavy atom. The Kier molecular flexibility index (Phi) is 7.52. The van der Waals surface area contributed by atoms with Crippen LogP contribution in [0.1, 0.15) is 47.0 Å². The molecule has 1 fully saturated rings. The Bertz CT molecular complexity index is 283. The fourth-order valence-electron chi connectivity index (χ4n) is 2.52. The van der Waals surface area contributed by atoms with Crippen molar-refractivity contribution in [2.24, 2.45) is 23.5 Å². The Morgan fingerprint density at radius 3 is 2.35 bits per heavy atom. The van der Waals surface area contributed by atoms with Gasteiger partial charge < -0.3 is 16.0 Å². The third-order valence-electron chi connectivity index (χ3n) is 4.32. The van der Waals surface area contributed by atoms with Crippen molar-refractivity contribution in [1.29, 1.82) is 0 Å². The summed E-state index contributed by atoms with van der Waals surface area (Å²) in [5, 5.41) is 3.02. The molecule has 0 unspecified atom stereocenters. The van der Waals surface area contributed by atoms with Gasteiger partial charge in [0.15, 0.2) is 0 Å². The summed E-state index contributed by atoms with van der Waals surface area (Å²) in [6.07, 6.45) is 3.66. The lowest BCUT2D eigenvalue weighted by atomic mass is 9.96. The van der Waals surface area contributed by atoms with Crippen molar-refractivity contribution in [3.05, 3.63) is 0 Å². The molecule has 4 heteroatoms. The molecule has 20 heavy (non-hydrogen) atoms. The van der Waals surface area contributed by atoms with Crippen LogP contribution in [0.25, 0.3) is 0 Å². The lowest BCUT2D eigenvalue weighted by Gasteiger charge is -2.32. The minimum atomic E-state index is -0.374. The topological polar surface area (TPSA) is 58.4 Å². The molecule has 1 aliphatic heterocycles. The van der Waals surface area contributed by atoms with Crippen LogP contribution in [0.3, 0.4) is 0 Å². The molecule has 1 atom stereocenters. The van der Waals surface area contributed by atoms with Crippen LogP contribution in [0.2, 0.25) is 0 Å². The normalized spacial score (nSPS) is 19.6. The molecule has 1 saturated heterocycles. The van der Waals surface area contributed by atoms with Crippen LogP contribution in [0.5, 0.6) is 0 Å². The number of nitrogens with two attached hydrogens (primary N) is 1. The number of rotatable bonds is 7. The van der Waals surface area contributed by atoms with Crippen molar-refractivity contribution in [1.82, 2.24) is 10.2 Å². The van der Waals surface area contributed by atoms with Gasteiger partial charge in [-0.15, -0.1) is 0 Å². The monoisotopic (exact) mass is 283 g/mol. The average Bonchev–Trinajstić information content (AvgIpc) is 2.42. The zero-order chi connectivity index (χ0) is 15.1. The van der Waals surface area contributed by atoms with E-state index in [2.05, 4.69) is 24.1 Å². The van der Waals surface area contributed by atoms with Gasteiger partial charge in [0.1, 0.15) is 0 Å². The van der Waals surface area contributed by atoms with E-state index in [1.165, 1.54) is 38.9 Å². The standard InChI is InChI=1S/C16H33N3O/c1-12(2)5-8-19-9-6-14(7-10-19)11-18-16(20)15(17)13(3)4/h12-15H,5-11,17H2,1-4H3,(H,18,20)/t15-/m0/s1. The number of piperidine rings is 1. The van der Waals surface area contributed by atoms with Gasteiger partial charge in [0, 0.05) is 6.54 Å². The Labute approximate surface area is 124 Å². The lowest BCUT2D eigenvalue weighted by Crippen LogP contribution is -2.46. The van der Waals surface area contributed by atoms with Gasteiger partial charge in [0.2, 0.25) is 5.91 Å². The fourth-order valence-corrected chi connectivity index (χ4v) is 2.52. The van der Waals surface area contributed by atoms with E-state index >= 15 is 0 Å². The second-order valence-corrected chi connectivity index (χ2v) is 6.98. The van der Waals surface area contributed by atoms with Gasteiger partial charge >= 0.3 is 0 Å². The van der Waals surface area contributed by atoms with Gasteiger partial charge in [0.25, 0.3) is 0 Å². The summed E-state index contributed by atoms with van der Waals surface area (Å²) in [5.74, 6) is 1.60. The summed E-state index contributed by atoms with van der Waals surface area (Å²) in [5.41, 5.74) is 5.85. The van der Waals surface area contributed by atoms with E-state index in [9.17, 15) is 4.79 Å². The zero-order valence-electron chi connectivity index (χ0n) is 13.7. The highest BCUT2D eigenvalue weighted by Crippen LogP contribution is 2.17. The maximum Gasteiger partial charge on any atom is 0.237 e. The molecule has 1 heterocycles. The van der Waals surface area contributed by atoms with Crippen molar-refractivity contribution in [2.45, 2.75) is 53.0 Å². The first kappa shape index (κ1) is 17.4. The summed E-state index contributed by atoms with van der Waals surface area (Å²) >= 11 is 0. The number of hydrogen-bond donors (Lipinski definition) is 2. The number of carbonyl (C=O) groups is 1. The third kappa shape index (κ3) is 6.23. The van der Waals surface area contributed by atoms with Crippen LogP contribution in [0.4, 0.5) is 0 Å². The molecule has 4 nitrogen and oxygen atoms in total. The summed E-state index contributed by atoms with van der Waals surface area (Å²) in [6, 6.07) is -0.374. The van der Waals surface area contributed by atoms with E-state index in [-0.39, 0.29) is 17.9 Å². The van der Waals surface area contributed by atoms with E-state index in [1.807, 2.05) is 13.8 Å². The molecule has 118 valence electrons. The summed E-state index contributed by atoms with van der Waals surface area (Å²) in [4.78, 5) is 14.4. The molecule has 0 aliphatic carbocycles. The Morgan fingerprint density at radius 2 is 1.85 bits per heavy atom. The van der Waals surface area contributed by atoms with E-state index in [0.29, 0.717) is 5.92 Å². The highest BCUT2D eigenvalue weighted by Gasteiger charge is 2.21. The number of hydrogen-bond acceptors (Lipinski definition) is 3. The molecular formula is C16H33N3O. The SMILES string of the molecule is CC(C)CCN1CCC(CNC(=O)[C@@H](N)C(C)C)CC1. The van der Waals surface area contributed by atoms with Gasteiger partial charge in [-0.2, -0.15) is 0 Å². The highest BCUT2D eigenvalue weighted by atomic mass is 16.2. The van der Waals surface area contributed by atoms with Gasteiger partial charge in [-0.25, -0.2) is 0 Å². The van der Waals surface area contributed by atoms with E-state index in [4.69, 9.17) is 5.73 Å². The van der Waals surface area contributed by atoms with Crippen molar-refractivity contribution in [3.8, 4) is 0 Å². The van der Waals surface area contributed by atoms with E-state index in [0.717, 1.165) is 12.5 Å². The van der Waals surface area contributed by atoms with Crippen LogP contribution in [-0.4, -0.2) is 43.0 Å². The van der Waals surface area contributed by atoms with Gasteiger partial charge in [0.05, 0.1) is 6.04 Å². The molecule has 1 aliphatic rings. The number of likely N-dealkylation sites (tertiary alicyclic amines) is 1.